The van der Waals surface area contributed by atoms with Crippen molar-refractivity contribution in [1.82, 2.24) is 0 Å². The lowest BCUT2D eigenvalue weighted by atomic mass is 10.1. The second-order valence-corrected chi connectivity index (χ2v) is 4.85. The monoisotopic (exact) mass is 291 g/mol. The molecule has 0 aliphatic carbocycles. The molecular formula is C16H15F2NO2. The van der Waals surface area contributed by atoms with Gasteiger partial charge in [0, 0.05) is 5.69 Å². The molecule has 0 spiro atoms. The quantitative estimate of drug-likeness (QED) is 0.695. The van der Waals surface area contributed by atoms with Crippen molar-refractivity contribution < 1.29 is 18.3 Å². The van der Waals surface area contributed by atoms with Crippen LogP contribution in [-0.4, -0.2) is 5.97 Å². The smallest absolute Gasteiger partial charge is 0.341 e. The third kappa shape index (κ3) is 3.37. The highest BCUT2D eigenvalue weighted by atomic mass is 19.1. The molecule has 0 saturated carbocycles. The minimum atomic E-state index is -0.827. The molecule has 0 fully saturated rings. The minimum absolute atomic E-state index is 0.129. The van der Waals surface area contributed by atoms with Crippen LogP contribution in [0.5, 0.6) is 0 Å². The first-order valence-electron chi connectivity index (χ1n) is 6.36. The van der Waals surface area contributed by atoms with E-state index >= 15 is 0 Å². The Labute approximate surface area is 121 Å². The molecule has 110 valence electrons. The summed E-state index contributed by atoms with van der Waals surface area (Å²) in [5.74, 6) is -1.91. The topological polar surface area (TPSA) is 52.3 Å². The second-order valence-electron chi connectivity index (χ2n) is 4.85. The Kier molecular flexibility index (Phi) is 4.21. The number of nitrogens with two attached hydrogens (primary N) is 1. The zero-order chi connectivity index (χ0) is 15.6. The Balaban J connectivity index is 2.17. The van der Waals surface area contributed by atoms with Crippen LogP contribution in [0.3, 0.4) is 0 Å². The first-order valence-corrected chi connectivity index (χ1v) is 6.36. The SMILES string of the molecule is Cc1ccc(F)cc1COC(=O)c1cc(N)cc(C)c1F. The number of benzene rings is 2. The molecule has 0 aliphatic rings. The third-order valence-corrected chi connectivity index (χ3v) is 3.17. The number of esters is 1. The fraction of sp³-hybridized carbons (Fsp3) is 0.188. The summed E-state index contributed by atoms with van der Waals surface area (Å²) in [6.07, 6.45) is 0. The van der Waals surface area contributed by atoms with Crippen molar-refractivity contribution in [1.29, 1.82) is 0 Å². The van der Waals surface area contributed by atoms with Crippen molar-refractivity contribution in [3.8, 4) is 0 Å². The van der Waals surface area contributed by atoms with Gasteiger partial charge in [0.15, 0.2) is 0 Å². The van der Waals surface area contributed by atoms with E-state index in [2.05, 4.69) is 0 Å². The molecule has 0 amide bonds. The number of ether oxygens (including phenoxy) is 1. The van der Waals surface area contributed by atoms with Crippen LogP contribution in [-0.2, 0) is 11.3 Å². The van der Waals surface area contributed by atoms with Crippen LogP contribution >= 0.6 is 0 Å². The predicted molar refractivity (Wildman–Crippen MR) is 75.8 cm³/mol. The van der Waals surface area contributed by atoms with E-state index in [9.17, 15) is 13.6 Å². The van der Waals surface area contributed by atoms with Gasteiger partial charge < -0.3 is 10.5 Å². The van der Waals surface area contributed by atoms with Gasteiger partial charge in [-0.25, -0.2) is 13.6 Å². The van der Waals surface area contributed by atoms with Crippen LogP contribution < -0.4 is 5.73 Å². The summed E-state index contributed by atoms with van der Waals surface area (Å²) < 4.78 is 32.1. The summed E-state index contributed by atoms with van der Waals surface area (Å²) >= 11 is 0. The van der Waals surface area contributed by atoms with E-state index < -0.39 is 17.6 Å². The maximum absolute atomic E-state index is 13.9. The van der Waals surface area contributed by atoms with Crippen molar-refractivity contribution in [2.75, 3.05) is 5.73 Å². The highest BCUT2D eigenvalue weighted by Gasteiger charge is 2.16. The molecule has 3 nitrogen and oxygen atoms in total. The number of carbonyl (C=O) groups excluding carboxylic acids is 1. The number of aryl methyl sites for hydroxylation is 2. The van der Waals surface area contributed by atoms with Crippen molar-refractivity contribution in [3.05, 3.63) is 64.2 Å². The lowest BCUT2D eigenvalue weighted by molar-refractivity contribution is 0.0466. The summed E-state index contributed by atoms with van der Waals surface area (Å²) in [5, 5.41) is 0. The van der Waals surface area contributed by atoms with Crippen LogP contribution in [0.15, 0.2) is 30.3 Å². The van der Waals surface area contributed by atoms with Gasteiger partial charge in [-0.15, -0.1) is 0 Å². The van der Waals surface area contributed by atoms with Crippen molar-refractivity contribution in [2.45, 2.75) is 20.5 Å². The standard InChI is InChI=1S/C16H15F2NO2/c1-9-3-4-12(17)6-11(9)8-21-16(20)14-7-13(19)5-10(2)15(14)18/h3-7H,8,19H2,1-2H3. The van der Waals surface area contributed by atoms with Gasteiger partial charge in [-0.05, 0) is 54.8 Å². The van der Waals surface area contributed by atoms with Gasteiger partial charge in [-0.2, -0.15) is 0 Å². The number of rotatable bonds is 3. The number of hydrogen-bond acceptors (Lipinski definition) is 3. The Morgan fingerprint density at radius 3 is 2.57 bits per heavy atom. The molecule has 2 aromatic rings. The van der Waals surface area contributed by atoms with Crippen LogP contribution in [0, 0.1) is 25.5 Å². The van der Waals surface area contributed by atoms with Gasteiger partial charge in [-0.1, -0.05) is 6.07 Å². The lowest BCUT2D eigenvalue weighted by Gasteiger charge is -2.10. The maximum Gasteiger partial charge on any atom is 0.341 e. The first kappa shape index (κ1) is 15.0. The second kappa shape index (κ2) is 5.91. The normalized spacial score (nSPS) is 10.5. The summed E-state index contributed by atoms with van der Waals surface area (Å²) in [6.45, 7) is 3.16. The van der Waals surface area contributed by atoms with Crippen molar-refractivity contribution in [2.24, 2.45) is 0 Å². The summed E-state index contributed by atoms with van der Waals surface area (Å²) in [4.78, 5) is 11.9. The fourth-order valence-corrected chi connectivity index (χ4v) is 1.96. The maximum atomic E-state index is 13.9. The van der Waals surface area contributed by atoms with Gasteiger partial charge >= 0.3 is 5.97 Å². The van der Waals surface area contributed by atoms with Gasteiger partial charge in [0.1, 0.15) is 18.2 Å². The molecule has 0 radical (unpaired) electrons. The average molecular weight is 291 g/mol. The molecule has 2 aromatic carbocycles. The lowest BCUT2D eigenvalue weighted by Crippen LogP contribution is -2.10. The molecular weight excluding hydrogens is 276 g/mol. The number of nitrogen functional groups attached to an aromatic ring is 1. The Bertz CT molecular complexity index is 699. The van der Waals surface area contributed by atoms with E-state index in [4.69, 9.17) is 10.5 Å². The minimum Gasteiger partial charge on any atom is -0.457 e. The van der Waals surface area contributed by atoms with E-state index in [0.717, 1.165) is 5.56 Å². The molecule has 21 heavy (non-hydrogen) atoms. The van der Waals surface area contributed by atoms with E-state index in [-0.39, 0.29) is 23.4 Å². The summed E-state index contributed by atoms with van der Waals surface area (Å²) in [5.41, 5.74) is 7.24. The van der Waals surface area contributed by atoms with E-state index in [1.165, 1.54) is 31.2 Å². The summed E-state index contributed by atoms with van der Waals surface area (Å²) in [6, 6.07) is 6.85. The molecule has 5 heteroatoms. The highest BCUT2D eigenvalue weighted by Crippen LogP contribution is 2.19. The van der Waals surface area contributed by atoms with E-state index in [1.54, 1.807) is 13.0 Å². The zero-order valence-electron chi connectivity index (χ0n) is 11.7. The van der Waals surface area contributed by atoms with Crippen molar-refractivity contribution >= 4 is 11.7 Å². The van der Waals surface area contributed by atoms with Crippen LogP contribution in [0.4, 0.5) is 14.5 Å². The molecule has 0 bridgehead atoms. The van der Waals surface area contributed by atoms with Gasteiger partial charge in [0.05, 0.1) is 5.56 Å². The number of hydrogen-bond donors (Lipinski definition) is 1. The van der Waals surface area contributed by atoms with E-state index in [1.807, 2.05) is 0 Å². The van der Waals surface area contributed by atoms with Gasteiger partial charge in [0.2, 0.25) is 0 Å². The largest absolute Gasteiger partial charge is 0.457 e. The number of anilines is 1. The molecule has 2 N–H and O–H groups in total. The number of carbonyl (C=O) groups is 1. The molecule has 0 unspecified atom stereocenters. The van der Waals surface area contributed by atoms with Crippen LogP contribution in [0.2, 0.25) is 0 Å². The average Bonchev–Trinajstić information content (AvgIpc) is 2.43. The molecule has 0 heterocycles. The highest BCUT2D eigenvalue weighted by molar-refractivity contribution is 5.91. The van der Waals surface area contributed by atoms with Crippen LogP contribution in [0.25, 0.3) is 0 Å². The predicted octanol–water partition coefficient (Wildman–Crippen LogP) is 3.52. The Morgan fingerprint density at radius 1 is 1.14 bits per heavy atom. The number of halogens is 2. The zero-order valence-corrected chi connectivity index (χ0v) is 11.7. The molecule has 0 aliphatic heterocycles. The van der Waals surface area contributed by atoms with Gasteiger partial charge in [-0.3, -0.25) is 0 Å². The van der Waals surface area contributed by atoms with Crippen molar-refractivity contribution in [3.63, 3.8) is 0 Å². The van der Waals surface area contributed by atoms with E-state index in [0.29, 0.717) is 5.56 Å². The molecule has 0 saturated heterocycles. The fourth-order valence-electron chi connectivity index (χ4n) is 1.96. The summed E-state index contributed by atoms with van der Waals surface area (Å²) in [7, 11) is 0. The molecule has 0 aromatic heterocycles. The molecule has 0 atom stereocenters. The first-order chi connectivity index (χ1) is 9.88. The third-order valence-electron chi connectivity index (χ3n) is 3.17. The van der Waals surface area contributed by atoms with Crippen LogP contribution in [0.1, 0.15) is 27.0 Å². The van der Waals surface area contributed by atoms with Gasteiger partial charge in [0.25, 0.3) is 0 Å². The Morgan fingerprint density at radius 2 is 1.86 bits per heavy atom. The molecule has 2 rings (SSSR count). The Hall–Kier alpha value is -2.43.